The second-order valence-corrected chi connectivity index (χ2v) is 13.3. The van der Waals surface area contributed by atoms with Gasteiger partial charge in [-0.2, -0.15) is 11.1 Å². The van der Waals surface area contributed by atoms with Crippen molar-refractivity contribution < 1.29 is 21.7 Å². The van der Waals surface area contributed by atoms with Gasteiger partial charge in [-0.1, -0.05) is 68.3 Å². The second kappa shape index (κ2) is 10.1. The molecule has 6 aliphatic carbocycles. The van der Waals surface area contributed by atoms with Crippen LogP contribution in [0.4, 0.5) is 0 Å². The molecular formula is C28H39SiTi. The summed E-state index contributed by atoms with van der Waals surface area (Å²) in [6, 6.07) is 0. The fourth-order valence-corrected chi connectivity index (χ4v) is 7.99. The molecule has 6 aliphatic rings. The first-order chi connectivity index (χ1) is 14.2. The topological polar surface area (TPSA) is 0 Å². The molecule has 30 heavy (non-hydrogen) atoms. The Morgan fingerprint density at radius 2 is 1.23 bits per heavy atom. The van der Waals surface area contributed by atoms with E-state index in [1.165, 1.54) is 96.3 Å². The summed E-state index contributed by atoms with van der Waals surface area (Å²) in [5.41, 5.74) is 15.2. The standard InChI is InChI=1S/C15H22Si.C13H17.Ti/c1-16(2)13-7-8-15-12(10-13)9-11-5-3-4-6-14(11)15;1-3-7-12-10(5-1)9-11-6-2-4-8-13(11)12;/h10,13H,3-9H2,1-2H3;5H,1-4,6-9H2;/q2*-1;+2. The number of allylic oxidation sites excluding steroid dienone is 8. The first kappa shape index (κ1) is 22.8. The smallest absolute Gasteiger partial charge is 0.226 e. The van der Waals surface area contributed by atoms with Crippen LogP contribution in [0.25, 0.3) is 0 Å². The van der Waals surface area contributed by atoms with Crippen molar-refractivity contribution in [1.29, 1.82) is 0 Å². The Kier molecular flexibility index (Phi) is 7.64. The van der Waals surface area contributed by atoms with Crippen molar-refractivity contribution in [2.75, 3.05) is 0 Å². The van der Waals surface area contributed by atoms with Gasteiger partial charge in [0.05, 0.1) is 0 Å². The SMILES string of the molecule is C[Si](C)C1[CH-]C2=C(CC1)C1=C(CCCC1)C2.[CH-]1CCCC2=C1CC1=C2CCCC1.[Ti+2]. The molecule has 0 amide bonds. The minimum Gasteiger partial charge on any atom is -0.226 e. The average molecular weight is 452 g/mol. The van der Waals surface area contributed by atoms with E-state index in [0.29, 0.717) is 0 Å². The molecule has 0 saturated heterocycles. The van der Waals surface area contributed by atoms with Gasteiger partial charge in [0.15, 0.2) is 0 Å². The van der Waals surface area contributed by atoms with Crippen LogP contribution in [0.2, 0.25) is 18.6 Å². The van der Waals surface area contributed by atoms with E-state index in [0.717, 1.165) is 5.54 Å². The third kappa shape index (κ3) is 4.55. The molecule has 0 saturated carbocycles. The van der Waals surface area contributed by atoms with E-state index in [-0.39, 0.29) is 30.5 Å². The van der Waals surface area contributed by atoms with Gasteiger partial charge in [-0.25, -0.2) is 24.0 Å². The number of hydrogen-bond donors (Lipinski definition) is 0. The van der Waals surface area contributed by atoms with Crippen molar-refractivity contribution in [2.24, 2.45) is 0 Å². The van der Waals surface area contributed by atoms with Crippen LogP contribution in [-0.4, -0.2) is 8.80 Å². The largest absolute Gasteiger partial charge is 2.00 e. The number of rotatable bonds is 1. The maximum absolute atomic E-state index is 2.66. The summed E-state index contributed by atoms with van der Waals surface area (Å²) in [6.45, 7) is 4.94. The molecule has 1 atom stereocenters. The van der Waals surface area contributed by atoms with Crippen molar-refractivity contribution >= 4 is 8.80 Å². The zero-order valence-corrected chi connectivity index (χ0v) is 21.9. The van der Waals surface area contributed by atoms with E-state index in [1.807, 2.05) is 5.57 Å². The Bertz CT molecular complexity index is 761. The Balaban J connectivity index is 0.000000143. The number of fused-ring (bicyclic) bond motifs is 2. The molecule has 1 radical (unpaired) electrons. The van der Waals surface area contributed by atoms with Crippen LogP contribution in [0.1, 0.15) is 96.3 Å². The molecular weight excluding hydrogens is 412 g/mol. The van der Waals surface area contributed by atoms with Gasteiger partial charge in [-0.3, -0.25) is 0 Å². The molecule has 1 unspecified atom stereocenters. The summed E-state index contributed by atoms with van der Waals surface area (Å²) in [6.07, 6.45) is 26.1. The zero-order valence-electron chi connectivity index (χ0n) is 19.3. The predicted octanol–water partition coefficient (Wildman–Crippen LogP) is 8.62. The monoisotopic (exact) mass is 451 g/mol. The molecule has 6 rings (SSSR count). The fourth-order valence-electron chi connectivity index (χ4n) is 6.73. The molecule has 0 bridgehead atoms. The second-order valence-electron chi connectivity index (χ2n) is 10.4. The normalized spacial score (nSPS) is 27.4. The van der Waals surface area contributed by atoms with Crippen LogP contribution >= 0.6 is 0 Å². The molecule has 159 valence electrons. The maximum atomic E-state index is 2.66. The summed E-state index contributed by atoms with van der Waals surface area (Å²) >= 11 is 0. The Labute approximate surface area is 202 Å². The third-order valence-electron chi connectivity index (χ3n) is 8.35. The van der Waals surface area contributed by atoms with Crippen molar-refractivity contribution in [3.8, 4) is 0 Å². The van der Waals surface area contributed by atoms with Crippen LogP contribution in [0.5, 0.6) is 0 Å². The summed E-state index contributed by atoms with van der Waals surface area (Å²) < 4.78 is 0. The van der Waals surface area contributed by atoms with Crippen molar-refractivity contribution in [3.63, 3.8) is 0 Å². The van der Waals surface area contributed by atoms with Crippen molar-refractivity contribution in [2.45, 2.75) is 115 Å². The predicted molar refractivity (Wildman–Crippen MR) is 127 cm³/mol. The molecule has 0 aromatic heterocycles. The molecule has 0 spiro atoms. The molecule has 0 heterocycles. The van der Waals surface area contributed by atoms with Gasteiger partial charge in [-0.05, 0) is 51.4 Å². The average Bonchev–Trinajstić information content (AvgIpc) is 3.32. The summed E-state index contributed by atoms with van der Waals surface area (Å²) in [4.78, 5) is 0. The summed E-state index contributed by atoms with van der Waals surface area (Å²) in [5.74, 6) is 0. The minimum absolute atomic E-state index is 0. The molecule has 0 N–H and O–H groups in total. The third-order valence-corrected chi connectivity index (χ3v) is 10.3. The minimum atomic E-state index is -0.113. The molecule has 0 aromatic rings. The van der Waals surface area contributed by atoms with E-state index in [1.54, 1.807) is 39.0 Å². The van der Waals surface area contributed by atoms with E-state index < -0.39 is 0 Å². The van der Waals surface area contributed by atoms with Crippen LogP contribution in [0.15, 0.2) is 44.6 Å². The Hall–Kier alpha value is -0.369. The van der Waals surface area contributed by atoms with Crippen molar-refractivity contribution in [1.82, 2.24) is 0 Å². The van der Waals surface area contributed by atoms with Crippen LogP contribution in [0.3, 0.4) is 0 Å². The molecule has 0 fully saturated rings. The van der Waals surface area contributed by atoms with Crippen LogP contribution in [-0.2, 0) is 21.7 Å². The molecule has 2 heteroatoms. The van der Waals surface area contributed by atoms with E-state index in [2.05, 4.69) is 25.9 Å². The first-order valence-corrected chi connectivity index (χ1v) is 15.1. The molecule has 0 aromatic carbocycles. The Morgan fingerprint density at radius 3 is 1.90 bits per heavy atom. The van der Waals surface area contributed by atoms with Crippen molar-refractivity contribution in [3.05, 3.63) is 57.4 Å². The van der Waals surface area contributed by atoms with Gasteiger partial charge in [0, 0.05) is 8.80 Å². The first-order valence-electron chi connectivity index (χ1n) is 12.6. The van der Waals surface area contributed by atoms with Gasteiger partial charge < -0.3 is 0 Å². The summed E-state index contributed by atoms with van der Waals surface area (Å²) in [5, 5.41) is 0. The van der Waals surface area contributed by atoms with Gasteiger partial charge in [0.2, 0.25) is 0 Å². The maximum Gasteiger partial charge on any atom is 2.00 e. The van der Waals surface area contributed by atoms with Gasteiger partial charge in [-0.15, -0.1) is 17.6 Å². The van der Waals surface area contributed by atoms with Crippen LogP contribution < -0.4 is 0 Å². The Morgan fingerprint density at radius 1 is 0.667 bits per heavy atom. The zero-order chi connectivity index (χ0) is 19.8. The number of hydrogen-bond acceptors (Lipinski definition) is 0. The fraction of sp³-hybridized carbons (Fsp3) is 0.643. The van der Waals surface area contributed by atoms with E-state index in [9.17, 15) is 0 Å². The van der Waals surface area contributed by atoms with E-state index >= 15 is 0 Å². The van der Waals surface area contributed by atoms with E-state index in [4.69, 9.17) is 0 Å². The summed E-state index contributed by atoms with van der Waals surface area (Å²) in [7, 11) is -0.113. The van der Waals surface area contributed by atoms with Gasteiger partial charge >= 0.3 is 21.7 Å². The van der Waals surface area contributed by atoms with Gasteiger partial charge in [0.1, 0.15) is 0 Å². The molecule has 0 nitrogen and oxygen atoms in total. The molecule has 0 aliphatic heterocycles. The quantitative estimate of drug-likeness (QED) is 0.276. The van der Waals surface area contributed by atoms with Crippen LogP contribution in [0, 0.1) is 12.8 Å². The van der Waals surface area contributed by atoms with Gasteiger partial charge in [0.25, 0.3) is 0 Å².